The fourth-order valence-electron chi connectivity index (χ4n) is 1.92. The topological polar surface area (TPSA) is 90.9 Å². The van der Waals surface area contributed by atoms with Crippen molar-refractivity contribution in [3.63, 3.8) is 0 Å². The highest BCUT2D eigenvalue weighted by molar-refractivity contribution is 5.83. The number of nitrogens with one attached hydrogen (secondary N) is 3. The van der Waals surface area contributed by atoms with Crippen molar-refractivity contribution in [3.05, 3.63) is 22.2 Å². The fourth-order valence-corrected chi connectivity index (χ4v) is 1.92. The molecule has 2 heterocycles. The number of nitrogens with zero attached hydrogens (tertiary/aromatic N) is 1. The summed E-state index contributed by atoms with van der Waals surface area (Å²) < 4.78 is 5.72. The SMILES string of the molecule is CC[C@@H]1CC[C@H](Nc2nc[nH]c(=O)c2C=N)O1. The van der Waals surface area contributed by atoms with E-state index in [4.69, 9.17) is 10.1 Å². The van der Waals surface area contributed by atoms with Gasteiger partial charge < -0.3 is 20.4 Å². The fraction of sp³-hybridized carbons (Fsp3) is 0.545. The van der Waals surface area contributed by atoms with E-state index in [0.717, 1.165) is 25.5 Å². The Kier molecular flexibility index (Phi) is 3.53. The van der Waals surface area contributed by atoms with Gasteiger partial charge in [0.05, 0.1) is 18.0 Å². The Morgan fingerprint density at radius 3 is 3.18 bits per heavy atom. The summed E-state index contributed by atoms with van der Waals surface area (Å²) in [6.07, 6.45) is 5.37. The van der Waals surface area contributed by atoms with E-state index < -0.39 is 0 Å². The Morgan fingerprint density at radius 2 is 2.53 bits per heavy atom. The van der Waals surface area contributed by atoms with E-state index in [1.54, 1.807) is 0 Å². The second-order valence-electron chi connectivity index (χ2n) is 4.01. The van der Waals surface area contributed by atoms with Crippen LogP contribution in [0, 0.1) is 5.41 Å². The van der Waals surface area contributed by atoms with Gasteiger partial charge in [0, 0.05) is 6.21 Å². The van der Waals surface area contributed by atoms with Crippen LogP contribution >= 0.6 is 0 Å². The monoisotopic (exact) mass is 236 g/mol. The van der Waals surface area contributed by atoms with E-state index in [0.29, 0.717) is 5.82 Å². The summed E-state index contributed by atoms with van der Waals surface area (Å²) in [5, 5.41) is 10.3. The van der Waals surface area contributed by atoms with Crippen LogP contribution < -0.4 is 10.9 Å². The normalized spacial score (nSPS) is 23.6. The summed E-state index contributed by atoms with van der Waals surface area (Å²) in [6, 6.07) is 0. The maximum absolute atomic E-state index is 11.4. The minimum atomic E-state index is -0.317. The zero-order valence-electron chi connectivity index (χ0n) is 9.69. The number of hydrogen-bond acceptors (Lipinski definition) is 5. The maximum atomic E-state index is 11.4. The Bertz CT molecular complexity index is 457. The van der Waals surface area contributed by atoms with Crippen LogP contribution in [0.2, 0.25) is 0 Å². The van der Waals surface area contributed by atoms with Crippen molar-refractivity contribution in [2.45, 2.75) is 38.5 Å². The minimum Gasteiger partial charge on any atom is -0.355 e. The van der Waals surface area contributed by atoms with E-state index in [1.165, 1.54) is 6.33 Å². The molecule has 6 nitrogen and oxygen atoms in total. The number of rotatable bonds is 4. The van der Waals surface area contributed by atoms with E-state index >= 15 is 0 Å². The third-order valence-electron chi connectivity index (χ3n) is 2.89. The average Bonchev–Trinajstić information content (AvgIpc) is 2.77. The van der Waals surface area contributed by atoms with Crippen LogP contribution in [0.1, 0.15) is 31.7 Å². The lowest BCUT2D eigenvalue weighted by Crippen LogP contribution is -2.24. The second-order valence-corrected chi connectivity index (χ2v) is 4.01. The molecule has 0 radical (unpaired) electrons. The summed E-state index contributed by atoms with van der Waals surface area (Å²) in [6.45, 7) is 2.08. The second kappa shape index (κ2) is 5.09. The van der Waals surface area contributed by atoms with Crippen LogP contribution in [0.4, 0.5) is 5.82 Å². The van der Waals surface area contributed by atoms with Crippen LogP contribution in [0.3, 0.4) is 0 Å². The highest BCUT2D eigenvalue weighted by Crippen LogP contribution is 2.22. The van der Waals surface area contributed by atoms with Gasteiger partial charge in [-0.05, 0) is 19.3 Å². The van der Waals surface area contributed by atoms with Gasteiger partial charge >= 0.3 is 0 Å². The summed E-state index contributed by atoms with van der Waals surface area (Å²) in [5.74, 6) is 0.408. The molecule has 1 aliphatic heterocycles. The molecule has 1 aliphatic rings. The van der Waals surface area contributed by atoms with Crippen molar-refractivity contribution in [2.24, 2.45) is 0 Å². The van der Waals surface area contributed by atoms with Gasteiger partial charge in [-0.2, -0.15) is 0 Å². The molecule has 0 saturated carbocycles. The number of anilines is 1. The molecule has 1 aromatic rings. The number of aromatic nitrogens is 2. The zero-order valence-corrected chi connectivity index (χ0v) is 9.69. The van der Waals surface area contributed by atoms with Crippen LogP contribution in [0.25, 0.3) is 0 Å². The molecule has 0 unspecified atom stereocenters. The predicted octanol–water partition coefficient (Wildman–Crippen LogP) is 1.09. The first-order valence-electron chi connectivity index (χ1n) is 5.74. The Labute approximate surface area is 98.9 Å². The molecule has 0 aliphatic carbocycles. The van der Waals surface area contributed by atoms with Gasteiger partial charge in [-0.25, -0.2) is 4.98 Å². The number of ether oxygens (including phenoxy) is 1. The first-order chi connectivity index (χ1) is 8.24. The van der Waals surface area contributed by atoms with Crippen LogP contribution in [0.5, 0.6) is 0 Å². The molecule has 6 heteroatoms. The number of hydrogen-bond donors (Lipinski definition) is 3. The minimum absolute atomic E-state index is 0.118. The third kappa shape index (κ3) is 2.52. The summed E-state index contributed by atoms with van der Waals surface area (Å²) >= 11 is 0. The van der Waals surface area contributed by atoms with Crippen molar-refractivity contribution in [1.82, 2.24) is 9.97 Å². The van der Waals surface area contributed by atoms with Crippen molar-refractivity contribution in [2.75, 3.05) is 5.32 Å². The number of H-pyrrole nitrogens is 1. The van der Waals surface area contributed by atoms with Crippen LogP contribution in [0.15, 0.2) is 11.1 Å². The quantitative estimate of drug-likeness (QED) is 0.682. The lowest BCUT2D eigenvalue weighted by atomic mass is 10.2. The van der Waals surface area contributed by atoms with Gasteiger partial charge in [0.25, 0.3) is 5.56 Å². The average molecular weight is 236 g/mol. The van der Waals surface area contributed by atoms with Gasteiger partial charge in [-0.1, -0.05) is 6.92 Å². The maximum Gasteiger partial charge on any atom is 0.261 e. The smallest absolute Gasteiger partial charge is 0.261 e. The highest BCUT2D eigenvalue weighted by atomic mass is 16.5. The van der Waals surface area contributed by atoms with Crippen LogP contribution in [-0.2, 0) is 4.74 Å². The molecule has 0 aromatic carbocycles. The molecule has 3 N–H and O–H groups in total. The van der Waals surface area contributed by atoms with Gasteiger partial charge in [-0.3, -0.25) is 4.79 Å². The Hall–Kier alpha value is -1.69. The Morgan fingerprint density at radius 1 is 1.71 bits per heavy atom. The summed E-state index contributed by atoms with van der Waals surface area (Å²) in [7, 11) is 0. The molecule has 17 heavy (non-hydrogen) atoms. The van der Waals surface area contributed by atoms with E-state index in [-0.39, 0.29) is 23.5 Å². The predicted molar refractivity (Wildman–Crippen MR) is 64.6 cm³/mol. The standard InChI is InChI=1S/C11H16N4O2/c1-2-7-3-4-9(17-7)15-10-8(5-12)11(16)14-6-13-10/h5-7,9,12H,2-4H2,1H3,(H2,13,14,15,16)/t7-,9-/m1/s1. The number of aromatic amines is 1. The lowest BCUT2D eigenvalue weighted by molar-refractivity contribution is 0.0586. The summed E-state index contributed by atoms with van der Waals surface area (Å²) in [5.41, 5.74) is -0.0846. The molecular weight excluding hydrogens is 220 g/mol. The molecule has 1 saturated heterocycles. The summed E-state index contributed by atoms with van der Waals surface area (Å²) in [4.78, 5) is 17.9. The van der Waals surface area contributed by atoms with Crippen molar-refractivity contribution >= 4 is 12.0 Å². The Balaban J connectivity index is 2.12. The van der Waals surface area contributed by atoms with Crippen LogP contribution in [-0.4, -0.2) is 28.5 Å². The van der Waals surface area contributed by atoms with Crippen molar-refractivity contribution in [3.8, 4) is 0 Å². The molecule has 0 bridgehead atoms. The molecular formula is C11H16N4O2. The molecule has 2 rings (SSSR count). The van der Waals surface area contributed by atoms with Gasteiger partial charge in [0.1, 0.15) is 12.0 Å². The molecule has 0 spiro atoms. The highest BCUT2D eigenvalue weighted by Gasteiger charge is 2.24. The zero-order chi connectivity index (χ0) is 12.3. The van der Waals surface area contributed by atoms with Gasteiger partial charge in [-0.15, -0.1) is 0 Å². The first kappa shape index (κ1) is 11.8. The molecule has 92 valence electrons. The van der Waals surface area contributed by atoms with E-state index in [2.05, 4.69) is 22.2 Å². The molecule has 1 aromatic heterocycles. The molecule has 0 amide bonds. The van der Waals surface area contributed by atoms with Gasteiger partial charge in [0.15, 0.2) is 0 Å². The first-order valence-corrected chi connectivity index (χ1v) is 5.74. The largest absolute Gasteiger partial charge is 0.355 e. The molecule has 2 atom stereocenters. The van der Waals surface area contributed by atoms with E-state index in [1.807, 2.05) is 0 Å². The molecule has 1 fully saturated rings. The third-order valence-corrected chi connectivity index (χ3v) is 2.89. The van der Waals surface area contributed by atoms with Crippen molar-refractivity contribution in [1.29, 1.82) is 5.41 Å². The van der Waals surface area contributed by atoms with Crippen molar-refractivity contribution < 1.29 is 4.74 Å². The van der Waals surface area contributed by atoms with Gasteiger partial charge in [0.2, 0.25) is 0 Å². The van der Waals surface area contributed by atoms with E-state index in [9.17, 15) is 4.79 Å². The lowest BCUT2D eigenvalue weighted by Gasteiger charge is -2.15.